The number of hydrogen-bond donors (Lipinski definition) is 1. The zero-order valence-corrected chi connectivity index (χ0v) is 14.1. The highest BCUT2D eigenvalue weighted by Gasteiger charge is 2.17. The van der Waals surface area contributed by atoms with Crippen LogP contribution in [0.4, 0.5) is 0 Å². The van der Waals surface area contributed by atoms with Crippen LogP contribution >= 0.6 is 15.9 Å². The molecule has 1 N–H and O–H groups in total. The number of carbonyl (C=O) groups excluding carboxylic acids is 1. The van der Waals surface area contributed by atoms with Crippen LogP contribution in [0.3, 0.4) is 0 Å². The predicted molar refractivity (Wildman–Crippen MR) is 90.6 cm³/mol. The fraction of sp³-hybridized carbons (Fsp3) is 0.389. The molecule has 1 saturated carbocycles. The van der Waals surface area contributed by atoms with Crippen molar-refractivity contribution in [3.05, 3.63) is 46.6 Å². The Morgan fingerprint density at radius 3 is 2.59 bits per heavy atom. The van der Waals surface area contributed by atoms with Crippen LogP contribution in [0, 0.1) is 0 Å². The summed E-state index contributed by atoms with van der Waals surface area (Å²) in [5.41, 5.74) is 1.05. The monoisotopic (exact) mass is 361 g/mol. The Hall–Kier alpha value is -1.55. The third-order valence-corrected chi connectivity index (χ3v) is 4.64. The quantitative estimate of drug-likeness (QED) is 0.838. The minimum absolute atomic E-state index is 0.133. The number of benzene rings is 1. The van der Waals surface area contributed by atoms with E-state index in [1.54, 1.807) is 0 Å². The molecule has 1 amide bonds. The molecule has 4 heteroatoms. The van der Waals surface area contributed by atoms with Gasteiger partial charge in [-0.2, -0.15) is 0 Å². The highest BCUT2D eigenvalue weighted by molar-refractivity contribution is 9.10. The second kappa shape index (κ2) is 7.14. The zero-order valence-electron chi connectivity index (χ0n) is 12.5. The van der Waals surface area contributed by atoms with Gasteiger partial charge in [0.1, 0.15) is 11.5 Å². The van der Waals surface area contributed by atoms with Crippen molar-refractivity contribution in [2.75, 3.05) is 0 Å². The Morgan fingerprint density at radius 2 is 1.86 bits per heavy atom. The lowest BCUT2D eigenvalue weighted by atomic mass is 10.2. The number of halogens is 1. The summed E-state index contributed by atoms with van der Waals surface area (Å²) in [6.07, 6.45) is 5.86. The first-order valence-electron chi connectivity index (χ1n) is 7.85. The van der Waals surface area contributed by atoms with Crippen LogP contribution in [0.2, 0.25) is 0 Å². The molecular weight excluding hydrogens is 342 g/mol. The van der Waals surface area contributed by atoms with Gasteiger partial charge in [0.25, 0.3) is 0 Å². The van der Waals surface area contributed by atoms with Crippen molar-refractivity contribution in [3.8, 4) is 11.3 Å². The summed E-state index contributed by atoms with van der Waals surface area (Å²) in [5, 5.41) is 3.11. The van der Waals surface area contributed by atoms with Crippen LogP contribution < -0.4 is 5.32 Å². The largest absolute Gasteiger partial charge is 0.461 e. The fourth-order valence-electron chi connectivity index (χ4n) is 2.89. The lowest BCUT2D eigenvalue weighted by Crippen LogP contribution is -2.32. The van der Waals surface area contributed by atoms with Crippen molar-refractivity contribution in [2.45, 2.75) is 44.6 Å². The molecule has 3 nitrogen and oxygen atoms in total. The molecule has 0 bridgehead atoms. The number of nitrogens with one attached hydrogen (secondary N) is 1. The number of amides is 1. The van der Waals surface area contributed by atoms with E-state index in [1.165, 1.54) is 12.8 Å². The number of hydrogen-bond acceptors (Lipinski definition) is 2. The smallest absolute Gasteiger partial charge is 0.220 e. The van der Waals surface area contributed by atoms with Crippen molar-refractivity contribution in [1.29, 1.82) is 0 Å². The van der Waals surface area contributed by atoms with E-state index >= 15 is 0 Å². The van der Waals surface area contributed by atoms with Crippen molar-refractivity contribution in [1.82, 2.24) is 5.32 Å². The third kappa shape index (κ3) is 4.01. The minimum atomic E-state index is 0.133. The normalized spacial score (nSPS) is 15.1. The molecule has 3 rings (SSSR count). The summed E-state index contributed by atoms with van der Waals surface area (Å²) >= 11 is 3.42. The van der Waals surface area contributed by atoms with Crippen molar-refractivity contribution in [2.24, 2.45) is 0 Å². The molecule has 0 spiro atoms. The number of aryl methyl sites for hydroxylation is 1. The van der Waals surface area contributed by atoms with Crippen LogP contribution in [-0.2, 0) is 11.2 Å². The third-order valence-electron chi connectivity index (χ3n) is 4.11. The fourth-order valence-corrected chi connectivity index (χ4v) is 3.15. The van der Waals surface area contributed by atoms with E-state index in [4.69, 9.17) is 4.42 Å². The van der Waals surface area contributed by atoms with Gasteiger partial charge in [-0.1, -0.05) is 40.9 Å². The second-order valence-corrected chi connectivity index (χ2v) is 6.74. The molecule has 0 saturated heterocycles. The minimum Gasteiger partial charge on any atom is -0.461 e. The zero-order chi connectivity index (χ0) is 15.4. The molecule has 0 unspecified atom stereocenters. The van der Waals surface area contributed by atoms with Gasteiger partial charge in [-0.15, -0.1) is 0 Å². The molecule has 1 aromatic carbocycles. The molecule has 1 aliphatic carbocycles. The molecule has 1 heterocycles. The van der Waals surface area contributed by atoms with Gasteiger partial charge >= 0.3 is 0 Å². The van der Waals surface area contributed by atoms with Gasteiger partial charge in [0.05, 0.1) is 0 Å². The average Bonchev–Trinajstić information content (AvgIpc) is 3.17. The summed E-state index contributed by atoms with van der Waals surface area (Å²) in [7, 11) is 0. The molecule has 1 aliphatic rings. The summed E-state index contributed by atoms with van der Waals surface area (Å²) in [5.74, 6) is 1.84. The molecule has 22 heavy (non-hydrogen) atoms. The first kappa shape index (κ1) is 15.3. The standard InChI is InChI=1S/C18H20BrNO2/c19-14-7-5-13(6-8-14)17-11-9-16(22-17)10-12-18(21)20-15-3-1-2-4-15/h5-9,11,15H,1-4,10,12H2,(H,20,21). The average molecular weight is 362 g/mol. The van der Waals surface area contributed by atoms with Crippen molar-refractivity contribution >= 4 is 21.8 Å². The van der Waals surface area contributed by atoms with Gasteiger partial charge in [0, 0.05) is 28.9 Å². The van der Waals surface area contributed by atoms with E-state index in [-0.39, 0.29) is 5.91 Å². The van der Waals surface area contributed by atoms with Gasteiger partial charge in [-0.3, -0.25) is 4.79 Å². The van der Waals surface area contributed by atoms with E-state index < -0.39 is 0 Å². The van der Waals surface area contributed by atoms with Gasteiger partial charge in [0.2, 0.25) is 5.91 Å². The van der Waals surface area contributed by atoms with Crippen molar-refractivity contribution in [3.63, 3.8) is 0 Å². The Morgan fingerprint density at radius 1 is 1.14 bits per heavy atom. The molecule has 116 valence electrons. The highest BCUT2D eigenvalue weighted by Crippen LogP contribution is 2.24. The maximum atomic E-state index is 11.9. The summed E-state index contributed by atoms with van der Waals surface area (Å²) in [6, 6.07) is 12.3. The molecular formula is C18H20BrNO2. The van der Waals surface area contributed by atoms with Gasteiger partial charge in [-0.25, -0.2) is 0 Å². The lowest BCUT2D eigenvalue weighted by Gasteiger charge is -2.11. The number of furan rings is 1. The van der Waals surface area contributed by atoms with E-state index in [9.17, 15) is 4.79 Å². The highest BCUT2D eigenvalue weighted by atomic mass is 79.9. The Labute approximate surface area is 139 Å². The lowest BCUT2D eigenvalue weighted by molar-refractivity contribution is -0.121. The van der Waals surface area contributed by atoms with Gasteiger partial charge in [-0.05, 0) is 37.1 Å². The molecule has 2 aromatic rings. The topological polar surface area (TPSA) is 42.2 Å². The van der Waals surface area contributed by atoms with Crippen LogP contribution in [0.25, 0.3) is 11.3 Å². The second-order valence-electron chi connectivity index (χ2n) is 5.82. The Bertz CT molecular complexity index is 627. The maximum Gasteiger partial charge on any atom is 0.220 e. The number of carbonyl (C=O) groups is 1. The number of rotatable bonds is 5. The van der Waals surface area contributed by atoms with E-state index in [1.807, 2.05) is 36.4 Å². The first-order valence-corrected chi connectivity index (χ1v) is 8.64. The van der Waals surface area contributed by atoms with Gasteiger partial charge < -0.3 is 9.73 Å². The van der Waals surface area contributed by atoms with Gasteiger partial charge in [0.15, 0.2) is 0 Å². The van der Waals surface area contributed by atoms with Crippen LogP contribution in [0.15, 0.2) is 45.3 Å². The van der Waals surface area contributed by atoms with E-state index in [2.05, 4.69) is 21.2 Å². The summed E-state index contributed by atoms with van der Waals surface area (Å²) in [4.78, 5) is 11.9. The van der Waals surface area contributed by atoms with Crippen LogP contribution in [0.5, 0.6) is 0 Å². The Kier molecular flexibility index (Phi) is 4.98. The van der Waals surface area contributed by atoms with Crippen LogP contribution in [-0.4, -0.2) is 11.9 Å². The Balaban J connectivity index is 1.53. The molecule has 1 fully saturated rings. The predicted octanol–water partition coefficient (Wildman–Crippen LogP) is 4.70. The molecule has 0 atom stereocenters. The SMILES string of the molecule is O=C(CCc1ccc(-c2ccc(Br)cc2)o1)NC1CCCC1. The summed E-state index contributed by atoms with van der Waals surface area (Å²) < 4.78 is 6.88. The summed E-state index contributed by atoms with van der Waals surface area (Å²) in [6.45, 7) is 0. The van der Waals surface area contributed by atoms with Crippen molar-refractivity contribution < 1.29 is 9.21 Å². The molecule has 1 aromatic heterocycles. The molecule has 0 radical (unpaired) electrons. The first-order chi connectivity index (χ1) is 10.7. The van der Waals surface area contributed by atoms with Crippen LogP contribution in [0.1, 0.15) is 37.9 Å². The molecule has 0 aliphatic heterocycles. The maximum absolute atomic E-state index is 11.9. The van der Waals surface area contributed by atoms with E-state index in [0.29, 0.717) is 18.9 Å². The van der Waals surface area contributed by atoms with E-state index in [0.717, 1.165) is 34.4 Å².